The number of nitrogens with one attached hydrogen (secondary N) is 2. The van der Waals surface area contributed by atoms with Crippen molar-refractivity contribution in [3.63, 3.8) is 0 Å². The summed E-state index contributed by atoms with van der Waals surface area (Å²) in [4.78, 5) is 9.37. The van der Waals surface area contributed by atoms with Gasteiger partial charge in [-0.2, -0.15) is 4.98 Å². The lowest BCUT2D eigenvalue weighted by Gasteiger charge is -2.14. The molecule has 2 aromatic heterocycles. The van der Waals surface area contributed by atoms with E-state index in [0.717, 1.165) is 19.4 Å². The van der Waals surface area contributed by atoms with Gasteiger partial charge in [0.2, 0.25) is 5.95 Å². The molecule has 0 spiro atoms. The first-order chi connectivity index (χ1) is 9.69. The molecule has 0 aliphatic rings. The van der Waals surface area contributed by atoms with Crippen molar-refractivity contribution in [3.8, 4) is 0 Å². The van der Waals surface area contributed by atoms with Gasteiger partial charge in [0.15, 0.2) is 11.6 Å². The molecule has 2 aromatic rings. The number of hydrogen-bond acceptors (Lipinski definition) is 5. The Kier molecular flexibility index (Phi) is 5.29. The fraction of sp³-hybridized carbons (Fsp3) is 0.429. The van der Waals surface area contributed by atoms with Crippen molar-refractivity contribution >= 4 is 23.1 Å². The Morgan fingerprint density at radius 2 is 2.30 bits per heavy atom. The van der Waals surface area contributed by atoms with E-state index in [1.54, 1.807) is 11.3 Å². The Bertz CT molecular complexity index is 530. The summed E-state index contributed by atoms with van der Waals surface area (Å²) < 4.78 is 13.7. The maximum Gasteiger partial charge on any atom is 0.224 e. The van der Waals surface area contributed by atoms with E-state index in [-0.39, 0.29) is 11.9 Å². The van der Waals surface area contributed by atoms with Gasteiger partial charge in [-0.05, 0) is 24.8 Å². The van der Waals surface area contributed by atoms with E-state index in [1.165, 1.54) is 11.1 Å². The Hall–Kier alpha value is -1.69. The largest absolute Gasteiger partial charge is 0.365 e. The van der Waals surface area contributed by atoms with Crippen LogP contribution in [0.2, 0.25) is 0 Å². The highest BCUT2D eigenvalue weighted by atomic mass is 32.1. The maximum atomic E-state index is 13.7. The lowest BCUT2D eigenvalue weighted by Crippen LogP contribution is -2.20. The molecule has 1 atom stereocenters. The first kappa shape index (κ1) is 14.7. The molecule has 6 heteroatoms. The molecular formula is C14H19FN4S. The van der Waals surface area contributed by atoms with Crippen molar-refractivity contribution in [1.82, 2.24) is 9.97 Å². The van der Waals surface area contributed by atoms with Gasteiger partial charge in [-0.1, -0.05) is 13.0 Å². The fourth-order valence-electron chi connectivity index (χ4n) is 1.81. The minimum absolute atomic E-state index is 0.108. The molecule has 0 aliphatic carbocycles. The Morgan fingerprint density at radius 3 is 3.00 bits per heavy atom. The van der Waals surface area contributed by atoms with Crippen LogP contribution >= 0.6 is 11.3 Å². The van der Waals surface area contributed by atoms with Gasteiger partial charge in [0, 0.05) is 23.9 Å². The van der Waals surface area contributed by atoms with Crippen LogP contribution in [0, 0.1) is 5.82 Å². The summed E-state index contributed by atoms with van der Waals surface area (Å²) in [5.41, 5.74) is 0. The minimum atomic E-state index is -0.426. The zero-order chi connectivity index (χ0) is 14.4. The highest BCUT2D eigenvalue weighted by Gasteiger charge is 2.11. The van der Waals surface area contributed by atoms with Crippen molar-refractivity contribution in [3.05, 3.63) is 34.4 Å². The van der Waals surface area contributed by atoms with E-state index in [2.05, 4.69) is 33.6 Å². The number of nitrogens with zero attached hydrogens (tertiary/aromatic N) is 2. The smallest absolute Gasteiger partial charge is 0.224 e. The lowest BCUT2D eigenvalue weighted by atomic mass is 10.2. The van der Waals surface area contributed by atoms with Gasteiger partial charge >= 0.3 is 0 Å². The lowest BCUT2D eigenvalue weighted by molar-refractivity contribution is 0.612. The van der Waals surface area contributed by atoms with Crippen molar-refractivity contribution in [2.24, 2.45) is 0 Å². The second-order valence-corrected chi connectivity index (χ2v) is 5.68. The molecule has 4 nitrogen and oxygen atoms in total. The average molecular weight is 294 g/mol. The number of anilines is 2. The van der Waals surface area contributed by atoms with Crippen LogP contribution in [-0.4, -0.2) is 22.6 Å². The quantitative estimate of drug-likeness (QED) is 0.820. The molecule has 0 fully saturated rings. The van der Waals surface area contributed by atoms with E-state index in [4.69, 9.17) is 0 Å². The molecule has 0 saturated heterocycles. The van der Waals surface area contributed by atoms with Crippen molar-refractivity contribution < 1.29 is 4.39 Å². The zero-order valence-corrected chi connectivity index (χ0v) is 12.5. The van der Waals surface area contributed by atoms with Crippen molar-refractivity contribution in [1.29, 1.82) is 0 Å². The monoisotopic (exact) mass is 294 g/mol. The third-order valence-corrected chi connectivity index (χ3v) is 3.65. The standard InChI is InChI=1S/C14H19FN4S/c1-3-6-16-14-17-9-12(15)13(19-14)18-10(2)8-11-5-4-7-20-11/h4-5,7,9-10H,3,6,8H2,1-2H3,(H2,16,17,18,19). The summed E-state index contributed by atoms with van der Waals surface area (Å²) in [7, 11) is 0. The zero-order valence-electron chi connectivity index (χ0n) is 11.7. The van der Waals surface area contributed by atoms with Gasteiger partial charge in [0.05, 0.1) is 6.20 Å². The molecule has 0 aliphatic heterocycles. The summed E-state index contributed by atoms with van der Waals surface area (Å²) in [6.45, 7) is 4.84. The number of aromatic nitrogens is 2. The van der Waals surface area contributed by atoms with Gasteiger partial charge in [0.25, 0.3) is 0 Å². The predicted octanol–water partition coefficient (Wildman–Crippen LogP) is 3.54. The van der Waals surface area contributed by atoms with Crippen molar-refractivity contribution in [2.75, 3.05) is 17.2 Å². The van der Waals surface area contributed by atoms with Crippen LogP contribution in [0.5, 0.6) is 0 Å². The van der Waals surface area contributed by atoms with E-state index < -0.39 is 5.82 Å². The first-order valence-corrected chi connectivity index (χ1v) is 7.62. The molecule has 1 unspecified atom stereocenters. The van der Waals surface area contributed by atoms with Crippen LogP contribution in [0.4, 0.5) is 16.2 Å². The van der Waals surface area contributed by atoms with E-state index in [1.807, 2.05) is 18.4 Å². The fourth-order valence-corrected chi connectivity index (χ4v) is 2.64. The molecule has 0 saturated carbocycles. The van der Waals surface area contributed by atoms with Gasteiger partial charge in [-0.25, -0.2) is 9.37 Å². The van der Waals surface area contributed by atoms with Gasteiger partial charge in [-0.3, -0.25) is 0 Å². The Morgan fingerprint density at radius 1 is 1.45 bits per heavy atom. The summed E-state index contributed by atoms with van der Waals surface area (Å²) in [5.74, 6) is 0.284. The molecule has 2 N–H and O–H groups in total. The van der Waals surface area contributed by atoms with Gasteiger partial charge < -0.3 is 10.6 Å². The van der Waals surface area contributed by atoms with Crippen LogP contribution in [-0.2, 0) is 6.42 Å². The third-order valence-electron chi connectivity index (χ3n) is 2.75. The molecule has 0 amide bonds. The molecule has 0 radical (unpaired) electrons. The molecule has 2 rings (SSSR count). The predicted molar refractivity (Wildman–Crippen MR) is 81.9 cm³/mol. The molecule has 20 heavy (non-hydrogen) atoms. The second kappa shape index (κ2) is 7.19. The molecule has 0 aromatic carbocycles. The number of halogens is 1. The summed E-state index contributed by atoms with van der Waals surface area (Å²) in [5, 5.41) is 8.20. The number of thiophene rings is 1. The second-order valence-electron chi connectivity index (χ2n) is 4.65. The Balaban J connectivity index is 2.00. The van der Waals surface area contributed by atoms with Gasteiger partial charge in [0.1, 0.15) is 0 Å². The Labute approximate surface area is 122 Å². The van der Waals surface area contributed by atoms with Crippen molar-refractivity contribution in [2.45, 2.75) is 32.7 Å². The van der Waals surface area contributed by atoms with E-state index in [0.29, 0.717) is 5.95 Å². The summed E-state index contributed by atoms with van der Waals surface area (Å²) in [6.07, 6.45) is 3.02. The highest BCUT2D eigenvalue weighted by molar-refractivity contribution is 7.09. The normalized spacial score (nSPS) is 12.2. The maximum absolute atomic E-state index is 13.7. The SMILES string of the molecule is CCCNc1ncc(F)c(NC(C)Cc2cccs2)n1. The van der Waals surface area contributed by atoms with Crippen LogP contribution in [0.3, 0.4) is 0 Å². The third kappa shape index (κ3) is 4.16. The molecule has 0 bridgehead atoms. The van der Waals surface area contributed by atoms with Gasteiger partial charge in [-0.15, -0.1) is 11.3 Å². The first-order valence-electron chi connectivity index (χ1n) is 6.74. The van der Waals surface area contributed by atoms with Crippen LogP contribution in [0.25, 0.3) is 0 Å². The molecule has 108 valence electrons. The summed E-state index contributed by atoms with van der Waals surface area (Å²) >= 11 is 1.70. The van der Waals surface area contributed by atoms with E-state index >= 15 is 0 Å². The minimum Gasteiger partial charge on any atom is -0.365 e. The highest BCUT2D eigenvalue weighted by Crippen LogP contribution is 2.16. The number of rotatable bonds is 7. The molecule has 2 heterocycles. The topological polar surface area (TPSA) is 49.8 Å². The van der Waals surface area contributed by atoms with Crippen LogP contribution in [0.1, 0.15) is 25.1 Å². The van der Waals surface area contributed by atoms with E-state index in [9.17, 15) is 4.39 Å². The molecular weight excluding hydrogens is 275 g/mol. The average Bonchev–Trinajstić information content (AvgIpc) is 2.92. The number of hydrogen-bond donors (Lipinski definition) is 2. The van der Waals surface area contributed by atoms with Crippen LogP contribution < -0.4 is 10.6 Å². The summed E-state index contributed by atoms with van der Waals surface area (Å²) in [6, 6.07) is 4.20. The van der Waals surface area contributed by atoms with Crippen LogP contribution in [0.15, 0.2) is 23.7 Å².